The molecule has 108 valence electrons. The van der Waals surface area contributed by atoms with Crippen LogP contribution in [-0.4, -0.2) is 5.78 Å². The van der Waals surface area contributed by atoms with Gasteiger partial charge in [-0.15, -0.1) is 0 Å². The quantitative estimate of drug-likeness (QED) is 0.824. The Labute approximate surface area is 125 Å². The van der Waals surface area contributed by atoms with Gasteiger partial charge in [-0.05, 0) is 42.0 Å². The number of hydrogen-bond acceptors (Lipinski definition) is 2. The van der Waals surface area contributed by atoms with E-state index in [1.54, 1.807) is 0 Å². The number of carbonyl (C=O) groups excluding carboxylic acids is 1. The van der Waals surface area contributed by atoms with Crippen LogP contribution in [0.3, 0.4) is 0 Å². The number of carbonyl (C=O) groups is 1. The molecule has 0 amide bonds. The molecular weight excluding hydrogens is 260 g/mol. The maximum absolute atomic E-state index is 11.5. The largest absolute Gasteiger partial charge is 0.489 e. The van der Waals surface area contributed by atoms with Crippen LogP contribution in [0.4, 0.5) is 0 Å². The minimum absolute atomic E-state index is 0.398. The Hall–Kier alpha value is -2.09. The van der Waals surface area contributed by atoms with Crippen molar-refractivity contribution in [3.8, 4) is 5.75 Å². The summed E-state index contributed by atoms with van der Waals surface area (Å²) in [6.45, 7) is 0.585. The van der Waals surface area contributed by atoms with Gasteiger partial charge < -0.3 is 4.74 Å². The summed E-state index contributed by atoms with van der Waals surface area (Å²) in [6.07, 6.45) is 3.60. The molecule has 1 atom stereocenters. The first-order chi connectivity index (χ1) is 10.3. The van der Waals surface area contributed by atoms with Crippen LogP contribution in [0.2, 0.25) is 0 Å². The van der Waals surface area contributed by atoms with Crippen molar-refractivity contribution in [2.24, 2.45) is 0 Å². The lowest BCUT2D eigenvalue weighted by molar-refractivity contribution is -0.120. The second kappa shape index (κ2) is 6.57. The molecule has 2 heteroatoms. The van der Waals surface area contributed by atoms with E-state index in [1.165, 1.54) is 11.1 Å². The molecular formula is C19H20O2. The van der Waals surface area contributed by atoms with Gasteiger partial charge >= 0.3 is 0 Å². The Bertz CT molecular complexity index is 587. The number of Topliss-reactive ketones (excluding diaryl/α,β-unsaturated/α-hetero) is 1. The molecule has 0 N–H and O–H groups in total. The molecule has 0 aromatic heterocycles. The number of ketones is 1. The van der Waals surface area contributed by atoms with Gasteiger partial charge in [0.25, 0.3) is 0 Å². The van der Waals surface area contributed by atoms with Gasteiger partial charge in [0.05, 0.1) is 0 Å². The van der Waals surface area contributed by atoms with Gasteiger partial charge in [0.2, 0.25) is 0 Å². The van der Waals surface area contributed by atoms with Crippen LogP contribution >= 0.6 is 0 Å². The molecule has 0 aliphatic heterocycles. The molecule has 0 bridgehead atoms. The summed E-state index contributed by atoms with van der Waals surface area (Å²) in [4.78, 5) is 11.5. The standard InChI is InChI=1S/C19H20O2/c20-18-8-4-7-17(13-18)16-9-11-19(12-10-16)21-14-15-5-2-1-3-6-15/h1-3,5-6,9-12,17H,4,7-8,13-14H2. The monoisotopic (exact) mass is 280 g/mol. The van der Waals surface area contributed by atoms with Gasteiger partial charge in [0.15, 0.2) is 0 Å². The zero-order valence-corrected chi connectivity index (χ0v) is 12.1. The van der Waals surface area contributed by atoms with E-state index in [0.717, 1.165) is 25.0 Å². The van der Waals surface area contributed by atoms with E-state index in [4.69, 9.17) is 4.74 Å². The maximum atomic E-state index is 11.5. The molecule has 2 aromatic carbocycles. The van der Waals surface area contributed by atoms with Crippen molar-refractivity contribution in [1.29, 1.82) is 0 Å². The van der Waals surface area contributed by atoms with Crippen LogP contribution in [0.15, 0.2) is 54.6 Å². The Morgan fingerprint density at radius 3 is 2.48 bits per heavy atom. The van der Waals surface area contributed by atoms with Crippen molar-refractivity contribution in [2.75, 3.05) is 0 Å². The van der Waals surface area contributed by atoms with E-state index in [1.807, 2.05) is 30.3 Å². The van der Waals surface area contributed by atoms with Gasteiger partial charge in [-0.1, -0.05) is 42.5 Å². The number of ether oxygens (including phenoxy) is 1. The summed E-state index contributed by atoms with van der Waals surface area (Å²) in [5.74, 6) is 1.68. The molecule has 1 aliphatic rings. The maximum Gasteiger partial charge on any atom is 0.133 e. The van der Waals surface area contributed by atoms with Gasteiger partial charge in [0.1, 0.15) is 18.1 Å². The molecule has 0 spiro atoms. The zero-order chi connectivity index (χ0) is 14.5. The van der Waals surface area contributed by atoms with Crippen molar-refractivity contribution < 1.29 is 9.53 Å². The van der Waals surface area contributed by atoms with Gasteiger partial charge in [-0.2, -0.15) is 0 Å². The smallest absolute Gasteiger partial charge is 0.133 e. The fourth-order valence-corrected chi connectivity index (χ4v) is 2.89. The molecule has 2 aromatic rings. The Morgan fingerprint density at radius 1 is 1.00 bits per heavy atom. The molecule has 3 rings (SSSR count). The van der Waals surface area contributed by atoms with Gasteiger partial charge in [-0.3, -0.25) is 4.79 Å². The number of rotatable bonds is 4. The zero-order valence-electron chi connectivity index (χ0n) is 12.1. The first kappa shape index (κ1) is 13.9. The van der Waals surface area contributed by atoms with Crippen LogP contribution in [-0.2, 0) is 11.4 Å². The van der Waals surface area contributed by atoms with Crippen molar-refractivity contribution in [2.45, 2.75) is 38.2 Å². The second-order valence-electron chi connectivity index (χ2n) is 5.68. The molecule has 2 nitrogen and oxygen atoms in total. The van der Waals surface area contributed by atoms with Crippen LogP contribution in [0, 0.1) is 0 Å². The van der Waals surface area contributed by atoms with Crippen molar-refractivity contribution in [3.63, 3.8) is 0 Å². The third-order valence-electron chi connectivity index (χ3n) is 4.08. The average Bonchev–Trinajstić information content (AvgIpc) is 2.54. The van der Waals surface area contributed by atoms with Crippen molar-refractivity contribution >= 4 is 5.78 Å². The van der Waals surface area contributed by atoms with Crippen molar-refractivity contribution in [3.05, 3.63) is 65.7 Å². The fourth-order valence-electron chi connectivity index (χ4n) is 2.89. The van der Waals surface area contributed by atoms with Crippen LogP contribution in [0.5, 0.6) is 5.75 Å². The summed E-state index contributed by atoms with van der Waals surface area (Å²) >= 11 is 0. The molecule has 1 fully saturated rings. The highest BCUT2D eigenvalue weighted by atomic mass is 16.5. The summed E-state index contributed by atoms with van der Waals surface area (Å²) in [6, 6.07) is 18.4. The predicted octanol–water partition coefficient (Wildman–Crippen LogP) is 4.49. The minimum Gasteiger partial charge on any atom is -0.489 e. The third-order valence-corrected chi connectivity index (χ3v) is 4.08. The van der Waals surface area contributed by atoms with Crippen molar-refractivity contribution in [1.82, 2.24) is 0 Å². The number of benzene rings is 2. The Kier molecular flexibility index (Phi) is 4.34. The average molecular weight is 280 g/mol. The van der Waals surface area contributed by atoms with E-state index >= 15 is 0 Å². The van der Waals surface area contributed by atoms with Crippen LogP contribution < -0.4 is 4.74 Å². The summed E-state index contributed by atoms with van der Waals surface area (Å²) in [5.41, 5.74) is 2.43. The lowest BCUT2D eigenvalue weighted by Crippen LogP contribution is -2.13. The fraction of sp³-hybridized carbons (Fsp3) is 0.316. The molecule has 0 radical (unpaired) electrons. The van der Waals surface area contributed by atoms with E-state index in [0.29, 0.717) is 24.7 Å². The predicted molar refractivity (Wildman–Crippen MR) is 83.4 cm³/mol. The van der Waals surface area contributed by atoms with E-state index in [9.17, 15) is 4.79 Å². The first-order valence-electron chi connectivity index (χ1n) is 7.59. The van der Waals surface area contributed by atoms with Gasteiger partial charge in [0, 0.05) is 12.8 Å². The molecule has 21 heavy (non-hydrogen) atoms. The Morgan fingerprint density at radius 2 is 1.76 bits per heavy atom. The molecule has 1 unspecified atom stereocenters. The summed E-state index contributed by atoms with van der Waals surface area (Å²) in [7, 11) is 0. The molecule has 0 saturated heterocycles. The highest BCUT2D eigenvalue weighted by Crippen LogP contribution is 2.31. The lowest BCUT2D eigenvalue weighted by Gasteiger charge is -2.21. The van der Waals surface area contributed by atoms with Gasteiger partial charge in [-0.25, -0.2) is 0 Å². The van der Waals surface area contributed by atoms with Crippen LogP contribution in [0.25, 0.3) is 0 Å². The van der Waals surface area contributed by atoms with E-state index in [2.05, 4.69) is 24.3 Å². The highest BCUT2D eigenvalue weighted by molar-refractivity contribution is 5.80. The molecule has 0 heterocycles. The Balaban J connectivity index is 1.60. The normalized spacial score (nSPS) is 18.5. The summed E-state index contributed by atoms with van der Waals surface area (Å²) < 4.78 is 5.79. The summed E-state index contributed by atoms with van der Waals surface area (Å²) in [5, 5.41) is 0. The number of hydrogen-bond donors (Lipinski definition) is 0. The molecule has 1 aliphatic carbocycles. The first-order valence-corrected chi connectivity index (χ1v) is 7.59. The second-order valence-corrected chi connectivity index (χ2v) is 5.68. The molecule has 1 saturated carbocycles. The van der Waals surface area contributed by atoms with Crippen LogP contribution in [0.1, 0.15) is 42.7 Å². The topological polar surface area (TPSA) is 26.3 Å². The lowest BCUT2D eigenvalue weighted by atomic mass is 9.83. The minimum atomic E-state index is 0.398. The van der Waals surface area contributed by atoms with E-state index in [-0.39, 0.29) is 0 Å². The third kappa shape index (κ3) is 3.72. The SMILES string of the molecule is O=C1CCCC(c2ccc(OCc3ccccc3)cc2)C1. The van der Waals surface area contributed by atoms with E-state index < -0.39 is 0 Å². The highest BCUT2D eigenvalue weighted by Gasteiger charge is 2.20.